The molecule has 0 aromatic heterocycles. The Bertz CT molecular complexity index is 872. The summed E-state index contributed by atoms with van der Waals surface area (Å²) in [5.74, 6) is -0.463. The molecule has 0 spiro atoms. The van der Waals surface area contributed by atoms with Crippen molar-refractivity contribution >= 4 is 28.0 Å². The number of hydrogen-bond acceptors (Lipinski definition) is 5. The van der Waals surface area contributed by atoms with Gasteiger partial charge in [0.15, 0.2) is 6.61 Å². The van der Waals surface area contributed by atoms with Crippen molar-refractivity contribution in [3.8, 4) is 0 Å². The second kappa shape index (κ2) is 9.84. The molecule has 156 valence electrons. The fourth-order valence-corrected chi connectivity index (χ4v) is 4.55. The van der Waals surface area contributed by atoms with Gasteiger partial charge in [0, 0.05) is 31.6 Å². The maximum Gasteiger partial charge on any atom is 0.306 e. The Morgan fingerprint density at radius 3 is 2.48 bits per heavy atom. The molecule has 1 saturated heterocycles. The molecule has 1 amide bonds. The van der Waals surface area contributed by atoms with Gasteiger partial charge in [-0.25, -0.2) is 8.42 Å². The SMILES string of the molecule is O=C(C[C@H]1C=CCC1)OCC(=O)N1CCN(S(=O)(=O)/C=C/c2ccccc2)CC1. The van der Waals surface area contributed by atoms with Crippen molar-refractivity contribution < 1.29 is 22.7 Å². The third-order valence-corrected chi connectivity index (χ3v) is 6.65. The number of benzene rings is 1. The van der Waals surface area contributed by atoms with Gasteiger partial charge < -0.3 is 9.64 Å². The summed E-state index contributed by atoms with van der Waals surface area (Å²) in [4.78, 5) is 25.6. The summed E-state index contributed by atoms with van der Waals surface area (Å²) in [6, 6.07) is 9.20. The molecular weight excluding hydrogens is 392 g/mol. The van der Waals surface area contributed by atoms with E-state index < -0.39 is 10.0 Å². The quantitative estimate of drug-likeness (QED) is 0.500. The van der Waals surface area contributed by atoms with Crippen molar-refractivity contribution in [2.75, 3.05) is 32.8 Å². The van der Waals surface area contributed by atoms with Crippen LogP contribution >= 0.6 is 0 Å². The third kappa shape index (κ3) is 6.27. The van der Waals surface area contributed by atoms with Crippen LogP contribution in [0, 0.1) is 5.92 Å². The molecule has 3 rings (SSSR count). The summed E-state index contributed by atoms with van der Waals surface area (Å²) in [5, 5.41) is 1.19. The average Bonchev–Trinajstić information content (AvgIpc) is 3.24. The summed E-state index contributed by atoms with van der Waals surface area (Å²) < 4.78 is 31.4. The molecule has 1 aromatic carbocycles. The predicted octanol–water partition coefficient (Wildman–Crippen LogP) is 2.03. The summed E-state index contributed by atoms with van der Waals surface area (Å²) in [6.07, 6.45) is 7.83. The summed E-state index contributed by atoms with van der Waals surface area (Å²) >= 11 is 0. The highest BCUT2D eigenvalue weighted by Crippen LogP contribution is 2.20. The number of rotatable bonds is 7. The van der Waals surface area contributed by atoms with E-state index in [1.165, 1.54) is 14.6 Å². The molecule has 2 aliphatic rings. The van der Waals surface area contributed by atoms with Crippen LogP contribution in [0.1, 0.15) is 24.8 Å². The third-order valence-electron chi connectivity index (χ3n) is 5.08. The van der Waals surface area contributed by atoms with Gasteiger partial charge in [-0.3, -0.25) is 9.59 Å². The molecule has 0 unspecified atom stereocenters. The highest BCUT2D eigenvalue weighted by molar-refractivity contribution is 7.92. The Morgan fingerprint density at radius 1 is 1.10 bits per heavy atom. The van der Waals surface area contributed by atoms with Crippen LogP contribution in [0.4, 0.5) is 0 Å². The van der Waals surface area contributed by atoms with Crippen molar-refractivity contribution in [1.82, 2.24) is 9.21 Å². The van der Waals surface area contributed by atoms with Crippen LogP contribution in [-0.2, 0) is 24.3 Å². The molecule has 8 heteroatoms. The molecule has 0 radical (unpaired) electrons. The molecule has 1 aliphatic heterocycles. The fraction of sp³-hybridized carbons (Fsp3) is 0.429. The highest BCUT2D eigenvalue weighted by atomic mass is 32.2. The average molecular weight is 419 g/mol. The summed E-state index contributed by atoms with van der Waals surface area (Å²) in [5.41, 5.74) is 0.805. The van der Waals surface area contributed by atoms with Gasteiger partial charge in [0.25, 0.3) is 5.91 Å². The van der Waals surface area contributed by atoms with Crippen molar-refractivity contribution in [3.63, 3.8) is 0 Å². The number of hydrogen-bond donors (Lipinski definition) is 0. The second-order valence-electron chi connectivity index (χ2n) is 7.17. The van der Waals surface area contributed by atoms with E-state index in [1.807, 2.05) is 42.5 Å². The largest absolute Gasteiger partial charge is 0.456 e. The molecule has 0 N–H and O–H groups in total. The number of nitrogens with zero attached hydrogens (tertiary/aromatic N) is 2. The molecule has 1 fully saturated rings. The van der Waals surface area contributed by atoms with Crippen molar-refractivity contribution in [2.24, 2.45) is 5.92 Å². The fourth-order valence-electron chi connectivity index (χ4n) is 3.38. The minimum absolute atomic E-state index is 0.204. The van der Waals surface area contributed by atoms with Crippen LogP contribution in [0.5, 0.6) is 0 Å². The van der Waals surface area contributed by atoms with Gasteiger partial charge in [0.05, 0.1) is 6.42 Å². The van der Waals surface area contributed by atoms with Crippen LogP contribution < -0.4 is 0 Å². The number of amides is 1. The minimum atomic E-state index is -3.55. The standard InChI is InChI=1S/C21H26N2O5S/c24-20(17-28-21(25)16-19-8-4-5-9-19)22-11-13-23(14-12-22)29(26,27)15-10-18-6-2-1-3-7-18/h1-4,6-8,10,15,19H,5,9,11-14,16-17H2/b15-10+/t19-/m0/s1. The minimum Gasteiger partial charge on any atom is -0.456 e. The zero-order valence-corrected chi connectivity index (χ0v) is 17.1. The van der Waals surface area contributed by atoms with Crippen LogP contribution in [0.3, 0.4) is 0 Å². The molecule has 0 bridgehead atoms. The molecule has 7 nitrogen and oxygen atoms in total. The monoisotopic (exact) mass is 418 g/mol. The van der Waals surface area contributed by atoms with Gasteiger partial charge in [0.1, 0.15) is 0 Å². The lowest BCUT2D eigenvalue weighted by molar-refractivity contribution is -0.153. The maximum absolute atomic E-state index is 12.5. The number of ether oxygens (including phenoxy) is 1. The highest BCUT2D eigenvalue weighted by Gasteiger charge is 2.28. The van der Waals surface area contributed by atoms with Gasteiger partial charge in [0.2, 0.25) is 10.0 Å². The first kappa shape index (κ1) is 21.3. The Balaban J connectivity index is 1.43. The smallest absolute Gasteiger partial charge is 0.306 e. The van der Waals surface area contributed by atoms with E-state index in [0.29, 0.717) is 6.42 Å². The van der Waals surface area contributed by atoms with E-state index in [9.17, 15) is 18.0 Å². The lowest BCUT2D eigenvalue weighted by atomic mass is 10.1. The van der Waals surface area contributed by atoms with E-state index in [-0.39, 0.29) is 50.6 Å². The van der Waals surface area contributed by atoms with Crippen molar-refractivity contribution in [2.45, 2.75) is 19.3 Å². The molecule has 0 saturated carbocycles. The van der Waals surface area contributed by atoms with E-state index in [1.54, 1.807) is 6.08 Å². The number of sulfonamides is 1. The van der Waals surface area contributed by atoms with E-state index in [2.05, 4.69) is 0 Å². The lowest BCUT2D eigenvalue weighted by Gasteiger charge is -2.33. The Morgan fingerprint density at radius 2 is 1.83 bits per heavy atom. The molecule has 29 heavy (non-hydrogen) atoms. The van der Waals surface area contributed by atoms with E-state index in [0.717, 1.165) is 18.4 Å². The number of allylic oxidation sites excluding steroid dienone is 2. The first-order valence-corrected chi connectivity index (χ1v) is 11.3. The zero-order valence-electron chi connectivity index (χ0n) is 16.3. The van der Waals surface area contributed by atoms with Gasteiger partial charge in [-0.15, -0.1) is 0 Å². The molecule has 1 aromatic rings. The molecular formula is C21H26N2O5S. The maximum atomic E-state index is 12.5. The van der Waals surface area contributed by atoms with E-state index in [4.69, 9.17) is 4.74 Å². The second-order valence-corrected chi connectivity index (χ2v) is 8.99. The number of carbonyl (C=O) groups is 2. The first-order valence-electron chi connectivity index (χ1n) is 9.77. The molecule has 1 aliphatic carbocycles. The van der Waals surface area contributed by atoms with Crippen LogP contribution in [0.15, 0.2) is 47.9 Å². The summed E-state index contributed by atoms with van der Waals surface area (Å²) in [7, 11) is -3.55. The Labute approximate surface area is 171 Å². The predicted molar refractivity (Wildman–Crippen MR) is 110 cm³/mol. The topological polar surface area (TPSA) is 84.0 Å². The van der Waals surface area contributed by atoms with Crippen LogP contribution in [-0.4, -0.2) is 62.3 Å². The van der Waals surface area contributed by atoms with Gasteiger partial charge in [-0.2, -0.15) is 4.31 Å². The van der Waals surface area contributed by atoms with E-state index >= 15 is 0 Å². The first-order chi connectivity index (χ1) is 13.9. The van der Waals surface area contributed by atoms with Crippen LogP contribution in [0.25, 0.3) is 6.08 Å². The number of carbonyl (C=O) groups excluding carboxylic acids is 2. The zero-order chi connectivity index (χ0) is 20.7. The Kier molecular flexibility index (Phi) is 7.22. The number of piperazine rings is 1. The van der Waals surface area contributed by atoms with Gasteiger partial charge in [-0.05, 0) is 30.4 Å². The summed E-state index contributed by atoms with van der Waals surface area (Å²) in [6.45, 7) is 0.693. The molecule has 1 atom stereocenters. The normalized spacial score (nSPS) is 20.3. The lowest BCUT2D eigenvalue weighted by Crippen LogP contribution is -2.51. The van der Waals surface area contributed by atoms with Gasteiger partial charge in [-0.1, -0.05) is 42.5 Å². The molecule has 1 heterocycles. The van der Waals surface area contributed by atoms with Crippen LogP contribution in [0.2, 0.25) is 0 Å². The van der Waals surface area contributed by atoms with Crippen molar-refractivity contribution in [1.29, 1.82) is 0 Å². The van der Waals surface area contributed by atoms with Gasteiger partial charge >= 0.3 is 5.97 Å². The number of esters is 1. The van der Waals surface area contributed by atoms with Crippen molar-refractivity contribution in [3.05, 3.63) is 53.5 Å². The Hall–Kier alpha value is -2.45.